The number of nitrogens with zero attached hydrogens (tertiary/aromatic N) is 2. The molecule has 2 aromatic rings. The highest BCUT2D eigenvalue weighted by Gasteiger charge is 2.12. The Morgan fingerprint density at radius 2 is 1.80 bits per heavy atom. The molecule has 0 unspecified atom stereocenters. The van der Waals surface area contributed by atoms with Gasteiger partial charge in [0.1, 0.15) is 0 Å². The van der Waals surface area contributed by atoms with Gasteiger partial charge < -0.3 is 10.2 Å². The van der Waals surface area contributed by atoms with E-state index < -0.39 is 9.84 Å². The van der Waals surface area contributed by atoms with Gasteiger partial charge in [-0.1, -0.05) is 48.0 Å². The van der Waals surface area contributed by atoms with E-state index in [1.54, 1.807) is 12.1 Å². The molecule has 0 saturated carbocycles. The third-order valence-electron chi connectivity index (χ3n) is 3.52. The number of halogens is 1. The summed E-state index contributed by atoms with van der Waals surface area (Å²) in [6.45, 7) is 1.07. The molecule has 0 atom stereocenters. The van der Waals surface area contributed by atoms with Crippen LogP contribution in [0, 0.1) is 0 Å². The van der Waals surface area contributed by atoms with E-state index in [0.29, 0.717) is 13.1 Å². The van der Waals surface area contributed by atoms with Crippen molar-refractivity contribution in [3.63, 3.8) is 0 Å². The third-order valence-corrected chi connectivity index (χ3v) is 5.10. The van der Waals surface area contributed by atoms with Crippen molar-refractivity contribution in [3.8, 4) is 0 Å². The molecule has 2 rings (SSSR count). The quantitative estimate of drug-likeness (QED) is 0.641. The van der Waals surface area contributed by atoms with Gasteiger partial charge in [-0.05, 0) is 23.3 Å². The van der Waals surface area contributed by atoms with Gasteiger partial charge in [-0.2, -0.15) is 0 Å². The lowest BCUT2D eigenvalue weighted by molar-refractivity contribution is 0.578. The summed E-state index contributed by atoms with van der Waals surface area (Å²) in [6.07, 6.45) is 1.14. The monoisotopic (exact) mass is 379 g/mol. The summed E-state index contributed by atoms with van der Waals surface area (Å²) in [7, 11) is 0.504. The molecule has 0 aliphatic heterocycles. The summed E-state index contributed by atoms with van der Waals surface area (Å²) < 4.78 is 23.2. The van der Waals surface area contributed by atoms with Crippen molar-refractivity contribution < 1.29 is 8.42 Å². The first-order valence-corrected chi connectivity index (χ1v) is 10.0. The molecule has 0 bridgehead atoms. The molecule has 2 aromatic carbocycles. The molecule has 1 N–H and O–H groups in total. The molecule has 0 heterocycles. The Kier molecular flexibility index (Phi) is 6.45. The number of sulfone groups is 1. The van der Waals surface area contributed by atoms with Crippen LogP contribution in [-0.4, -0.2) is 39.6 Å². The first kappa shape index (κ1) is 19.3. The van der Waals surface area contributed by atoms with Crippen LogP contribution in [0.3, 0.4) is 0 Å². The van der Waals surface area contributed by atoms with Gasteiger partial charge in [0, 0.05) is 26.9 Å². The molecule has 0 aliphatic carbocycles. The van der Waals surface area contributed by atoms with Crippen LogP contribution in [-0.2, 0) is 22.9 Å². The maximum absolute atomic E-state index is 11.6. The molecule has 0 amide bonds. The fraction of sp³-hybridized carbons (Fsp3) is 0.278. The van der Waals surface area contributed by atoms with Gasteiger partial charge in [0.15, 0.2) is 15.8 Å². The van der Waals surface area contributed by atoms with Crippen molar-refractivity contribution in [1.82, 2.24) is 10.2 Å². The first-order chi connectivity index (χ1) is 11.8. The summed E-state index contributed by atoms with van der Waals surface area (Å²) >= 11 is 6.08. The molecular formula is C18H22ClN3O2S. The van der Waals surface area contributed by atoms with Crippen molar-refractivity contribution in [1.29, 1.82) is 0 Å². The van der Waals surface area contributed by atoms with Gasteiger partial charge in [-0.15, -0.1) is 0 Å². The summed E-state index contributed by atoms with van der Waals surface area (Å²) in [6, 6.07) is 15.0. The number of guanidine groups is 1. The van der Waals surface area contributed by atoms with Crippen LogP contribution in [0.4, 0.5) is 0 Å². The Hall–Kier alpha value is -2.05. The van der Waals surface area contributed by atoms with Crippen LogP contribution in [0.2, 0.25) is 5.02 Å². The summed E-state index contributed by atoms with van der Waals surface area (Å²) in [5.74, 6) is 0.743. The zero-order valence-corrected chi connectivity index (χ0v) is 16.1. The Morgan fingerprint density at radius 3 is 2.36 bits per heavy atom. The second kappa shape index (κ2) is 8.36. The van der Waals surface area contributed by atoms with Crippen LogP contribution >= 0.6 is 11.6 Å². The Morgan fingerprint density at radius 1 is 1.12 bits per heavy atom. The Balaban J connectivity index is 2.09. The SMILES string of the molecule is CN(C)C(=NCc1ccc(S(C)(=O)=O)c(Cl)c1)NCc1ccccc1. The van der Waals surface area contributed by atoms with Crippen LogP contribution < -0.4 is 5.32 Å². The van der Waals surface area contributed by atoms with E-state index >= 15 is 0 Å². The highest BCUT2D eigenvalue weighted by atomic mass is 35.5. The van der Waals surface area contributed by atoms with Crippen LogP contribution in [0.5, 0.6) is 0 Å². The summed E-state index contributed by atoms with van der Waals surface area (Å²) in [5.41, 5.74) is 2.01. The molecule has 0 aromatic heterocycles. The average Bonchev–Trinajstić information content (AvgIpc) is 2.54. The molecule has 25 heavy (non-hydrogen) atoms. The third kappa shape index (κ3) is 5.76. The Bertz CT molecular complexity index is 850. The van der Waals surface area contributed by atoms with E-state index in [1.807, 2.05) is 49.3 Å². The van der Waals surface area contributed by atoms with Crippen LogP contribution in [0.1, 0.15) is 11.1 Å². The second-order valence-electron chi connectivity index (χ2n) is 5.91. The Labute approximate surface area is 154 Å². The van der Waals surface area contributed by atoms with E-state index in [-0.39, 0.29) is 9.92 Å². The van der Waals surface area contributed by atoms with Crippen molar-refractivity contribution in [2.45, 2.75) is 18.0 Å². The fourth-order valence-corrected chi connectivity index (χ4v) is 3.59. The minimum Gasteiger partial charge on any atom is -0.352 e. The van der Waals surface area contributed by atoms with E-state index in [9.17, 15) is 8.42 Å². The maximum Gasteiger partial charge on any atom is 0.194 e. The number of hydrogen-bond acceptors (Lipinski definition) is 3. The maximum atomic E-state index is 11.6. The van der Waals surface area contributed by atoms with Gasteiger partial charge in [0.2, 0.25) is 0 Å². The zero-order chi connectivity index (χ0) is 18.4. The van der Waals surface area contributed by atoms with Crippen molar-refractivity contribution in [3.05, 3.63) is 64.7 Å². The minimum absolute atomic E-state index is 0.136. The lowest BCUT2D eigenvalue weighted by atomic mass is 10.2. The van der Waals surface area contributed by atoms with Crippen molar-refractivity contribution in [2.24, 2.45) is 4.99 Å². The normalized spacial score (nSPS) is 12.1. The van der Waals surface area contributed by atoms with Gasteiger partial charge in [-0.3, -0.25) is 0 Å². The molecule has 7 heteroatoms. The largest absolute Gasteiger partial charge is 0.352 e. The first-order valence-electron chi connectivity index (χ1n) is 7.75. The molecule has 0 saturated heterocycles. The van der Waals surface area contributed by atoms with Gasteiger partial charge >= 0.3 is 0 Å². The minimum atomic E-state index is -3.32. The molecule has 0 radical (unpaired) electrons. The predicted octanol–water partition coefficient (Wildman–Crippen LogP) is 2.95. The van der Waals surface area contributed by atoms with Gasteiger partial charge in [0.05, 0.1) is 16.5 Å². The van der Waals surface area contributed by atoms with Crippen LogP contribution in [0.15, 0.2) is 58.4 Å². The molecule has 0 aliphatic rings. The molecule has 5 nitrogen and oxygen atoms in total. The van der Waals surface area contributed by atoms with E-state index in [1.165, 1.54) is 6.07 Å². The van der Waals surface area contributed by atoms with Crippen LogP contribution in [0.25, 0.3) is 0 Å². The predicted molar refractivity (Wildman–Crippen MR) is 103 cm³/mol. The number of aliphatic imine (C=N–C) groups is 1. The number of rotatable bonds is 5. The molecule has 0 fully saturated rings. The summed E-state index contributed by atoms with van der Waals surface area (Å²) in [5, 5.41) is 3.52. The number of benzene rings is 2. The molecule has 134 valence electrons. The molecular weight excluding hydrogens is 358 g/mol. The van der Waals surface area contributed by atoms with Gasteiger partial charge in [0.25, 0.3) is 0 Å². The van der Waals surface area contributed by atoms with E-state index in [0.717, 1.165) is 23.3 Å². The fourth-order valence-electron chi connectivity index (χ4n) is 2.24. The topological polar surface area (TPSA) is 61.8 Å². The smallest absolute Gasteiger partial charge is 0.194 e. The van der Waals surface area contributed by atoms with E-state index in [4.69, 9.17) is 11.6 Å². The highest BCUT2D eigenvalue weighted by Crippen LogP contribution is 2.22. The highest BCUT2D eigenvalue weighted by molar-refractivity contribution is 7.90. The average molecular weight is 380 g/mol. The standard InChI is InChI=1S/C18H22ClN3O2S/c1-22(2)18(20-12-14-7-5-4-6-8-14)21-13-15-9-10-17(16(19)11-15)25(3,23)24/h4-11H,12-13H2,1-3H3,(H,20,21). The zero-order valence-electron chi connectivity index (χ0n) is 14.5. The lowest BCUT2D eigenvalue weighted by Gasteiger charge is -2.18. The number of hydrogen-bond donors (Lipinski definition) is 1. The second-order valence-corrected chi connectivity index (χ2v) is 8.30. The molecule has 0 spiro atoms. The van der Waals surface area contributed by atoms with E-state index in [2.05, 4.69) is 10.3 Å². The van der Waals surface area contributed by atoms with Crippen molar-refractivity contribution >= 4 is 27.4 Å². The summed E-state index contributed by atoms with van der Waals surface area (Å²) in [4.78, 5) is 6.60. The van der Waals surface area contributed by atoms with Gasteiger partial charge in [-0.25, -0.2) is 13.4 Å². The lowest BCUT2D eigenvalue weighted by Crippen LogP contribution is -2.36. The van der Waals surface area contributed by atoms with Crippen molar-refractivity contribution in [2.75, 3.05) is 20.4 Å². The number of nitrogens with one attached hydrogen (secondary N) is 1.